The fourth-order valence-electron chi connectivity index (χ4n) is 2.83. The largest absolute Gasteiger partial charge is 0.392 e. The van der Waals surface area contributed by atoms with Crippen molar-refractivity contribution in [3.63, 3.8) is 0 Å². The summed E-state index contributed by atoms with van der Waals surface area (Å²) in [6, 6.07) is 0. The maximum atomic E-state index is 9.75. The van der Waals surface area contributed by atoms with Crippen LogP contribution < -0.4 is 0 Å². The first-order chi connectivity index (χ1) is 4.62. The molecule has 3 atom stereocenters. The lowest BCUT2D eigenvalue weighted by molar-refractivity contribution is 0.00432. The van der Waals surface area contributed by atoms with Crippen LogP contribution in [0, 0.1) is 17.3 Å². The van der Waals surface area contributed by atoms with Gasteiger partial charge in [0.05, 0.1) is 6.10 Å². The maximum Gasteiger partial charge on any atom is 0.0622 e. The van der Waals surface area contributed by atoms with Gasteiger partial charge in [-0.1, -0.05) is 13.8 Å². The Balaban J connectivity index is 2.25. The van der Waals surface area contributed by atoms with Crippen LogP contribution in [0.25, 0.3) is 0 Å². The van der Waals surface area contributed by atoms with Gasteiger partial charge in [-0.05, 0) is 36.5 Å². The van der Waals surface area contributed by atoms with E-state index in [4.69, 9.17) is 0 Å². The highest BCUT2D eigenvalue weighted by molar-refractivity contribution is 5.01. The quantitative estimate of drug-likeness (QED) is 0.544. The number of aliphatic hydroxyl groups excluding tert-OH is 1. The predicted octanol–water partition coefficient (Wildman–Crippen LogP) is 1.80. The third kappa shape index (κ3) is 0.619. The Kier molecular flexibility index (Phi) is 1.17. The smallest absolute Gasteiger partial charge is 0.0622 e. The molecule has 0 spiro atoms. The van der Waals surface area contributed by atoms with Gasteiger partial charge in [-0.2, -0.15) is 0 Å². The minimum absolute atomic E-state index is 0.00810. The van der Waals surface area contributed by atoms with Crippen LogP contribution in [0.1, 0.15) is 33.1 Å². The van der Waals surface area contributed by atoms with Gasteiger partial charge < -0.3 is 5.11 Å². The van der Waals surface area contributed by atoms with Crippen molar-refractivity contribution in [2.24, 2.45) is 17.3 Å². The second-order valence-corrected chi connectivity index (χ2v) is 4.54. The van der Waals surface area contributed by atoms with Crippen LogP contribution in [0.5, 0.6) is 0 Å². The van der Waals surface area contributed by atoms with E-state index in [0.717, 1.165) is 5.92 Å². The number of aliphatic hydroxyl groups is 1. The Bertz CT molecular complexity index is 147. The highest BCUT2D eigenvalue weighted by Crippen LogP contribution is 2.55. The zero-order chi connectivity index (χ0) is 7.35. The van der Waals surface area contributed by atoms with Gasteiger partial charge >= 0.3 is 0 Å². The first kappa shape index (κ1) is 6.66. The lowest BCUT2D eigenvalue weighted by Gasteiger charge is -2.34. The zero-order valence-electron chi connectivity index (χ0n) is 6.80. The van der Waals surface area contributed by atoms with Gasteiger partial charge in [0.1, 0.15) is 0 Å². The van der Waals surface area contributed by atoms with Crippen LogP contribution in [-0.2, 0) is 0 Å². The Morgan fingerprint density at radius 2 is 2.00 bits per heavy atom. The van der Waals surface area contributed by atoms with E-state index in [1.165, 1.54) is 19.3 Å². The second-order valence-electron chi connectivity index (χ2n) is 4.54. The molecule has 0 amide bonds. The Labute approximate surface area is 62.4 Å². The Hall–Kier alpha value is -0.0400. The van der Waals surface area contributed by atoms with Gasteiger partial charge in [0.15, 0.2) is 0 Å². The van der Waals surface area contributed by atoms with Crippen LogP contribution in [-0.4, -0.2) is 11.2 Å². The van der Waals surface area contributed by atoms with Gasteiger partial charge in [0, 0.05) is 0 Å². The third-order valence-electron chi connectivity index (χ3n) is 3.73. The molecule has 1 unspecified atom stereocenters. The van der Waals surface area contributed by atoms with E-state index < -0.39 is 0 Å². The Morgan fingerprint density at radius 3 is 2.30 bits per heavy atom. The Morgan fingerprint density at radius 1 is 1.30 bits per heavy atom. The molecule has 2 bridgehead atoms. The lowest BCUT2D eigenvalue weighted by atomic mass is 9.74. The molecule has 0 aromatic rings. The number of hydrogen-bond donors (Lipinski definition) is 1. The molecule has 2 aliphatic carbocycles. The molecule has 0 aromatic carbocycles. The molecular weight excluding hydrogens is 124 g/mol. The molecule has 2 aliphatic rings. The van der Waals surface area contributed by atoms with Gasteiger partial charge in [-0.3, -0.25) is 0 Å². The minimum atomic E-state index is -0.00810. The van der Waals surface area contributed by atoms with Crippen LogP contribution in [0.15, 0.2) is 0 Å². The molecule has 1 heteroatoms. The first-order valence-corrected chi connectivity index (χ1v) is 4.30. The van der Waals surface area contributed by atoms with Gasteiger partial charge in [0.25, 0.3) is 0 Å². The number of rotatable bonds is 0. The van der Waals surface area contributed by atoms with E-state index in [9.17, 15) is 5.11 Å². The van der Waals surface area contributed by atoms with Crippen molar-refractivity contribution in [2.45, 2.75) is 39.2 Å². The third-order valence-corrected chi connectivity index (χ3v) is 3.73. The van der Waals surface area contributed by atoms with E-state index in [2.05, 4.69) is 13.8 Å². The topological polar surface area (TPSA) is 20.2 Å². The van der Waals surface area contributed by atoms with Crippen LogP contribution >= 0.6 is 0 Å². The fraction of sp³-hybridized carbons (Fsp3) is 1.00. The van der Waals surface area contributed by atoms with Gasteiger partial charge in [0.2, 0.25) is 0 Å². The molecule has 0 saturated heterocycles. The minimum Gasteiger partial charge on any atom is -0.392 e. The normalized spacial score (nSPS) is 50.1. The molecule has 0 heterocycles. The summed E-state index contributed by atoms with van der Waals surface area (Å²) in [4.78, 5) is 0. The lowest BCUT2D eigenvalue weighted by Crippen LogP contribution is -2.34. The molecule has 1 nitrogen and oxygen atoms in total. The highest BCUT2D eigenvalue weighted by atomic mass is 16.3. The molecule has 1 N–H and O–H groups in total. The van der Waals surface area contributed by atoms with Gasteiger partial charge in [-0.15, -0.1) is 0 Å². The average molecular weight is 140 g/mol. The molecule has 0 aliphatic heterocycles. The van der Waals surface area contributed by atoms with Crippen molar-refractivity contribution in [2.75, 3.05) is 0 Å². The molecular formula is C9H16O. The van der Waals surface area contributed by atoms with E-state index in [1.807, 2.05) is 0 Å². The van der Waals surface area contributed by atoms with Crippen LogP contribution in [0.4, 0.5) is 0 Å². The highest BCUT2D eigenvalue weighted by Gasteiger charge is 2.51. The number of fused-ring (bicyclic) bond motifs is 2. The van der Waals surface area contributed by atoms with E-state index in [0.29, 0.717) is 5.92 Å². The molecule has 2 saturated carbocycles. The fourth-order valence-corrected chi connectivity index (χ4v) is 2.83. The summed E-state index contributed by atoms with van der Waals surface area (Å²) in [6.07, 6.45) is 3.91. The molecule has 2 fully saturated rings. The average Bonchev–Trinajstić information content (AvgIpc) is 2.37. The van der Waals surface area contributed by atoms with Crippen molar-refractivity contribution in [3.05, 3.63) is 0 Å². The van der Waals surface area contributed by atoms with Gasteiger partial charge in [-0.25, -0.2) is 0 Å². The van der Waals surface area contributed by atoms with Crippen molar-refractivity contribution in [3.8, 4) is 0 Å². The molecule has 0 aromatic heterocycles. The first-order valence-electron chi connectivity index (χ1n) is 4.30. The summed E-state index contributed by atoms with van der Waals surface area (Å²) in [5, 5.41) is 9.75. The summed E-state index contributed by atoms with van der Waals surface area (Å²) >= 11 is 0. The van der Waals surface area contributed by atoms with Crippen molar-refractivity contribution in [1.82, 2.24) is 0 Å². The molecule has 58 valence electrons. The van der Waals surface area contributed by atoms with E-state index >= 15 is 0 Å². The molecule has 0 radical (unpaired) electrons. The molecule has 10 heavy (non-hydrogen) atoms. The van der Waals surface area contributed by atoms with E-state index in [-0.39, 0.29) is 11.5 Å². The SMILES string of the molecule is CC1(C)C(O)[C@@H]2CC[C@H]1C2. The zero-order valence-corrected chi connectivity index (χ0v) is 6.80. The summed E-state index contributed by atoms with van der Waals surface area (Å²) in [5.41, 5.74) is 0.225. The van der Waals surface area contributed by atoms with Crippen LogP contribution in [0.2, 0.25) is 0 Å². The second kappa shape index (κ2) is 1.76. The summed E-state index contributed by atoms with van der Waals surface area (Å²) in [6.45, 7) is 4.42. The van der Waals surface area contributed by atoms with Crippen molar-refractivity contribution < 1.29 is 5.11 Å². The predicted molar refractivity (Wildman–Crippen MR) is 40.6 cm³/mol. The maximum absolute atomic E-state index is 9.75. The summed E-state index contributed by atoms with van der Waals surface area (Å²) < 4.78 is 0. The standard InChI is InChI=1S/C9H16O/c1-9(2)7-4-3-6(5-7)8(9)10/h6-8,10H,3-5H2,1-2H3/t6-,7+,8?/m1/s1. The van der Waals surface area contributed by atoms with Crippen molar-refractivity contribution in [1.29, 1.82) is 0 Å². The monoisotopic (exact) mass is 140 g/mol. The van der Waals surface area contributed by atoms with Crippen molar-refractivity contribution >= 4 is 0 Å². The molecule has 2 rings (SSSR count). The summed E-state index contributed by atoms with van der Waals surface area (Å²) in [7, 11) is 0. The van der Waals surface area contributed by atoms with E-state index in [1.54, 1.807) is 0 Å². The van der Waals surface area contributed by atoms with Crippen LogP contribution in [0.3, 0.4) is 0 Å². The number of hydrogen-bond acceptors (Lipinski definition) is 1. The summed E-state index contributed by atoms with van der Waals surface area (Å²) in [5.74, 6) is 1.45.